The minimum Gasteiger partial charge on any atom is -0.310 e. The van der Waals surface area contributed by atoms with E-state index in [1.807, 2.05) is 0 Å². The maximum atomic E-state index is 2.42. The van der Waals surface area contributed by atoms with Crippen molar-refractivity contribution in [3.05, 3.63) is 243 Å². The van der Waals surface area contributed by atoms with Crippen LogP contribution in [-0.4, -0.2) is 4.57 Å². The number of fused-ring (bicyclic) bond motifs is 7. The summed E-state index contributed by atoms with van der Waals surface area (Å²) < 4.78 is 2.42. The van der Waals surface area contributed by atoms with Gasteiger partial charge in [-0.1, -0.05) is 176 Å². The van der Waals surface area contributed by atoms with Crippen molar-refractivity contribution in [1.82, 2.24) is 4.57 Å². The highest BCUT2D eigenvalue weighted by Crippen LogP contribution is 2.44. The SMILES string of the molecule is c1ccc(-c2cc(-c3cccc(N(c4ccc(-c5cccc6ccccc56)cc4)c4ccc5c(ccc6ccccc65)c4)c3)c3c4ccccc4n(-c4ccccc4)c3c2)cc1. The number of para-hydroxylation sites is 2. The molecule has 12 aromatic rings. The Bertz CT molecular complexity index is 3620. The molecule has 0 aliphatic rings. The molecule has 0 unspecified atom stereocenters. The van der Waals surface area contributed by atoms with Crippen molar-refractivity contribution in [3.8, 4) is 39.1 Å². The monoisotopic (exact) mass is 788 g/mol. The van der Waals surface area contributed by atoms with Gasteiger partial charge in [-0.25, -0.2) is 0 Å². The average molecular weight is 789 g/mol. The first-order valence-electron chi connectivity index (χ1n) is 21.3. The zero-order chi connectivity index (χ0) is 41.0. The lowest BCUT2D eigenvalue weighted by atomic mass is 9.94. The van der Waals surface area contributed by atoms with Crippen LogP contribution < -0.4 is 4.90 Å². The molecule has 0 saturated carbocycles. The third kappa shape index (κ3) is 6.04. The van der Waals surface area contributed by atoms with Crippen molar-refractivity contribution in [3.63, 3.8) is 0 Å². The first kappa shape index (κ1) is 35.7. The van der Waals surface area contributed by atoms with E-state index in [1.54, 1.807) is 0 Å². The fourth-order valence-corrected chi connectivity index (χ4v) is 9.64. The second-order valence-electron chi connectivity index (χ2n) is 16.1. The van der Waals surface area contributed by atoms with E-state index >= 15 is 0 Å². The Morgan fingerprint density at radius 2 is 0.871 bits per heavy atom. The van der Waals surface area contributed by atoms with E-state index in [2.05, 4.69) is 252 Å². The van der Waals surface area contributed by atoms with Gasteiger partial charge in [0.05, 0.1) is 11.0 Å². The van der Waals surface area contributed by atoms with E-state index in [0.29, 0.717) is 0 Å². The van der Waals surface area contributed by atoms with Crippen LogP contribution in [0, 0.1) is 0 Å². The molecule has 0 amide bonds. The summed E-state index contributed by atoms with van der Waals surface area (Å²) in [5, 5.41) is 9.95. The zero-order valence-electron chi connectivity index (χ0n) is 34.0. The molecule has 0 aliphatic heterocycles. The standard InChI is InChI=1S/C60H40N2/c1-3-15-41(16-4-1)47-39-57(60-56-26-11-12-28-58(56)62(59(60)40-47)48-21-5-2-6-22-48)45-20-13-23-50(37-45)61(51-35-36-55-46(38-51)30-29-43-18-8-10-25-53(43)55)49-33-31-44(32-34-49)54-27-14-19-42-17-7-9-24-52(42)54/h1-40H. The van der Waals surface area contributed by atoms with Gasteiger partial charge < -0.3 is 9.47 Å². The smallest absolute Gasteiger partial charge is 0.0553 e. The molecule has 0 atom stereocenters. The Morgan fingerprint density at radius 1 is 0.274 bits per heavy atom. The predicted molar refractivity (Wildman–Crippen MR) is 264 cm³/mol. The number of rotatable bonds is 7. The van der Waals surface area contributed by atoms with Gasteiger partial charge in [0.2, 0.25) is 0 Å². The number of aromatic nitrogens is 1. The summed E-state index contributed by atoms with van der Waals surface area (Å²) in [7, 11) is 0. The summed E-state index contributed by atoms with van der Waals surface area (Å²) in [6.45, 7) is 0. The second-order valence-corrected chi connectivity index (χ2v) is 16.1. The molecule has 0 aliphatic carbocycles. The Hall–Kier alpha value is -8.20. The van der Waals surface area contributed by atoms with Crippen LogP contribution in [0.1, 0.15) is 0 Å². The van der Waals surface area contributed by atoms with Crippen LogP contribution in [0.25, 0.3) is 93.2 Å². The van der Waals surface area contributed by atoms with E-state index in [1.165, 1.54) is 81.9 Å². The van der Waals surface area contributed by atoms with Gasteiger partial charge in [-0.15, -0.1) is 0 Å². The Morgan fingerprint density at radius 3 is 1.69 bits per heavy atom. The summed E-state index contributed by atoms with van der Waals surface area (Å²) in [6.07, 6.45) is 0. The number of nitrogens with zero attached hydrogens (tertiary/aromatic N) is 2. The maximum absolute atomic E-state index is 2.42. The van der Waals surface area contributed by atoms with Crippen LogP contribution in [-0.2, 0) is 0 Å². The molecule has 2 nitrogen and oxygen atoms in total. The van der Waals surface area contributed by atoms with Crippen LogP contribution in [0.4, 0.5) is 17.1 Å². The summed E-state index contributed by atoms with van der Waals surface area (Å²) in [5.41, 5.74) is 14.0. The van der Waals surface area contributed by atoms with Crippen LogP contribution >= 0.6 is 0 Å². The van der Waals surface area contributed by atoms with Gasteiger partial charge in [-0.3, -0.25) is 0 Å². The quantitative estimate of drug-likeness (QED) is 0.146. The van der Waals surface area contributed by atoms with E-state index in [4.69, 9.17) is 0 Å². The van der Waals surface area contributed by atoms with Crippen molar-refractivity contribution in [2.24, 2.45) is 0 Å². The van der Waals surface area contributed by atoms with Crippen molar-refractivity contribution >= 4 is 71.2 Å². The van der Waals surface area contributed by atoms with Gasteiger partial charge >= 0.3 is 0 Å². The minimum atomic E-state index is 1.09. The molecule has 290 valence electrons. The fourth-order valence-electron chi connectivity index (χ4n) is 9.64. The van der Waals surface area contributed by atoms with Crippen molar-refractivity contribution < 1.29 is 0 Å². The number of hydrogen-bond acceptors (Lipinski definition) is 1. The van der Waals surface area contributed by atoms with Crippen LogP contribution in [0.5, 0.6) is 0 Å². The molecule has 11 aromatic carbocycles. The van der Waals surface area contributed by atoms with E-state index in [0.717, 1.165) is 28.3 Å². The Kier molecular flexibility index (Phi) is 8.53. The number of benzene rings is 11. The highest BCUT2D eigenvalue weighted by Gasteiger charge is 2.20. The maximum Gasteiger partial charge on any atom is 0.0553 e. The van der Waals surface area contributed by atoms with Gasteiger partial charge in [-0.05, 0) is 132 Å². The summed E-state index contributed by atoms with van der Waals surface area (Å²) in [6, 6.07) is 88.6. The molecule has 0 spiro atoms. The summed E-state index contributed by atoms with van der Waals surface area (Å²) in [4.78, 5) is 2.41. The zero-order valence-corrected chi connectivity index (χ0v) is 34.0. The number of hydrogen-bond donors (Lipinski definition) is 0. The molecular weight excluding hydrogens is 749 g/mol. The molecule has 0 N–H and O–H groups in total. The topological polar surface area (TPSA) is 8.17 Å². The lowest BCUT2D eigenvalue weighted by molar-refractivity contribution is 1.18. The fraction of sp³-hybridized carbons (Fsp3) is 0. The van der Waals surface area contributed by atoms with E-state index < -0.39 is 0 Å². The van der Waals surface area contributed by atoms with E-state index in [-0.39, 0.29) is 0 Å². The van der Waals surface area contributed by atoms with Gasteiger partial charge in [0.1, 0.15) is 0 Å². The van der Waals surface area contributed by atoms with Gasteiger partial charge in [-0.2, -0.15) is 0 Å². The third-order valence-electron chi connectivity index (χ3n) is 12.5. The molecular formula is C60H40N2. The van der Waals surface area contributed by atoms with Crippen molar-refractivity contribution in [2.75, 3.05) is 4.90 Å². The third-order valence-corrected chi connectivity index (χ3v) is 12.5. The summed E-state index contributed by atoms with van der Waals surface area (Å²) >= 11 is 0. The largest absolute Gasteiger partial charge is 0.310 e. The molecule has 0 radical (unpaired) electrons. The molecule has 12 rings (SSSR count). The molecule has 0 saturated heterocycles. The summed E-state index contributed by atoms with van der Waals surface area (Å²) in [5.74, 6) is 0. The first-order chi connectivity index (χ1) is 30.7. The highest BCUT2D eigenvalue weighted by molar-refractivity contribution is 6.17. The lowest BCUT2D eigenvalue weighted by Crippen LogP contribution is -2.10. The predicted octanol–water partition coefficient (Wildman–Crippen LogP) is 16.7. The van der Waals surface area contributed by atoms with Gasteiger partial charge in [0, 0.05) is 33.5 Å². The molecule has 0 fully saturated rings. The molecule has 1 heterocycles. The molecule has 62 heavy (non-hydrogen) atoms. The highest BCUT2D eigenvalue weighted by atomic mass is 15.1. The minimum absolute atomic E-state index is 1.09. The lowest BCUT2D eigenvalue weighted by Gasteiger charge is -2.27. The van der Waals surface area contributed by atoms with Crippen LogP contribution in [0.2, 0.25) is 0 Å². The van der Waals surface area contributed by atoms with Crippen LogP contribution in [0.3, 0.4) is 0 Å². The number of anilines is 3. The Balaban J connectivity index is 1.07. The van der Waals surface area contributed by atoms with Crippen LogP contribution in [0.15, 0.2) is 243 Å². The molecule has 1 aromatic heterocycles. The van der Waals surface area contributed by atoms with Gasteiger partial charge in [0.15, 0.2) is 0 Å². The van der Waals surface area contributed by atoms with Crippen molar-refractivity contribution in [1.29, 1.82) is 0 Å². The molecule has 2 heteroatoms. The normalized spacial score (nSPS) is 11.5. The second kappa shape index (κ2) is 14.8. The Labute approximate surface area is 360 Å². The van der Waals surface area contributed by atoms with Crippen molar-refractivity contribution in [2.45, 2.75) is 0 Å². The van der Waals surface area contributed by atoms with Gasteiger partial charge in [0.25, 0.3) is 0 Å². The molecule has 0 bridgehead atoms. The van der Waals surface area contributed by atoms with E-state index in [9.17, 15) is 0 Å². The first-order valence-corrected chi connectivity index (χ1v) is 21.3. The average Bonchev–Trinajstić information content (AvgIpc) is 3.69.